The molecule has 20 heavy (non-hydrogen) atoms. The number of nitrogens with two attached hydrogens (primary N) is 1. The molecule has 108 valence electrons. The fraction of sp³-hybridized carbons (Fsp3) is 0.438. The van der Waals surface area contributed by atoms with Crippen molar-refractivity contribution in [2.45, 2.75) is 44.7 Å². The van der Waals surface area contributed by atoms with E-state index in [0.717, 1.165) is 24.4 Å². The molecule has 2 rings (SSSR count). The van der Waals surface area contributed by atoms with E-state index in [1.165, 1.54) is 16.2 Å². The summed E-state index contributed by atoms with van der Waals surface area (Å²) in [6.45, 7) is 7.20. The number of hydrogen-bond acceptors (Lipinski definition) is 3. The second-order valence-corrected chi connectivity index (χ2v) is 6.38. The lowest BCUT2D eigenvalue weighted by Crippen LogP contribution is -2.18. The molecule has 3 nitrogen and oxygen atoms in total. The minimum Gasteiger partial charge on any atom is -0.328 e. The first-order valence-corrected chi connectivity index (χ1v) is 8.03. The Morgan fingerprint density at radius 1 is 1.25 bits per heavy atom. The molecule has 1 unspecified atom stereocenters. The van der Waals surface area contributed by atoms with Crippen molar-refractivity contribution in [3.63, 3.8) is 0 Å². The SMILES string of the molecule is Cc1nn(CCSc2ccccc2)c(C)c1CC(C)N. The highest BCUT2D eigenvalue weighted by Gasteiger charge is 2.12. The van der Waals surface area contributed by atoms with Crippen molar-refractivity contribution in [2.75, 3.05) is 5.75 Å². The van der Waals surface area contributed by atoms with Crippen LogP contribution >= 0.6 is 11.8 Å². The van der Waals surface area contributed by atoms with Crippen molar-refractivity contribution in [2.24, 2.45) is 5.73 Å². The molecule has 0 bridgehead atoms. The topological polar surface area (TPSA) is 43.8 Å². The van der Waals surface area contributed by atoms with Crippen LogP contribution in [0.3, 0.4) is 0 Å². The van der Waals surface area contributed by atoms with Crippen molar-refractivity contribution in [3.05, 3.63) is 47.3 Å². The lowest BCUT2D eigenvalue weighted by atomic mass is 10.1. The molecule has 0 fully saturated rings. The molecule has 0 radical (unpaired) electrons. The molecule has 0 saturated heterocycles. The Bertz CT molecular complexity index is 546. The van der Waals surface area contributed by atoms with Gasteiger partial charge in [-0.2, -0.15) is 5.10 Å². The van der Waals surface area contributed by atoms with Gasteiger partial charge in [0, 0.05) is 22.4 Å². The van der Waals surface area contributed by atoms with Gasteiger partial charge in [0.2, 0.25) is 0 Å². The van der Waals surface area contributed by atoms with Crippen LogP contribution in [-0.4, -0.2) is 21.6 Å². The normalized spacial score (nSPS) is 12.6. The average Bonchev–Trinajstić information content (AvgIpc) is 2.67. The molecule has 1 aromatic heterocycles. The third-order valence-electron chi connectivity index (χ3n) is 3.37. The van der Waals surface area contributed by atoms with E-state index >= 15 is 0 Å². The number of thioether (sulfide) groups is 1. The molecule has 1 aromatic carbocycles. The van der Waals surface area contributed by atoms with E-state index in [2.05, 4.69) is 47.9 Å². The minimum atomic E-state index is 0.184. The van der Waals surface area contributed by atoms with Gasteiger partial charge in [0.15, 0.2) is 0 Å². The fourth-order valence-electron chi connectivity index (χ4n) is 2.34. The maximum atomic E-state index is 5.91. The van der Waals surface area contributed by atoms with E-state index in [4.69, 9.17) is 5.73 Å². The van der Waals surface area contributed by atoms with Crippen LogP contribution in [0.1, 0.15) is 23.9 Å². The van der Waals surface area contributed by atoms with Crippen LogP contribution < -0.4 is 5.73 Å². The number of nitrogens with zero attached hydrogens (tertiary/aromatic N) is 2. The van der Waals surface area contributed by atoms with Crippen LogP contribution in [0.5, 0.6) is 0 Å². The maximum Gasteiger partial charge on any atom is 0.0629 e. The molecular formula is C16H23N3S. The second kappa shape index (κ2) is 6.95. The molecular weight excluding hydrogens is 266 g/mol. The maximum absolute atomic E-state index is 5.91. The Balaban J connectivity index is 1.96. The van der Waals surface area contributed by atoms with Crippen molar-refractivity contribution >= 4 is 11.8 Å². The van der Waals surface area contributed by atoms with Crippen LogP contribution in [0.25, 0.3) is 0 Å². The molecule has 2 aromatic rings. The van der Waals surface area contributed by atoms with Gasteiger partial charge in [0.05, 0.1) is 12.2 Å². The lowest BCUT2D eigenvalue weighted by molar-refractivity contribution is 0.638. The number of rotatable bonds is 6. The summed E-state index contributed by atoms with van der Waals surface area (Å²) in [7, 11) is 0. The zero-order chi connectivity index (χ0) is 14.5. The van der Waals surface area contributed by atoms with E-state index < -0.39 is 0 Å². The van der Waals surface area contributed by atoms with Gasteiger partial charge in [-0.25, -0.2) is 0 Å². The highest BCUT2D eigenvalue weighted by molar-refractivity contribution is 7.99. The van der Waals surface area contributed by atoms with Crippen LogP contribution in [0, 0.1) is 13.8 Å². The number of hydrogen-bond donors (Lipinski definition) is 1. The largest absolute Gasteiger partial charge is 0.328 e. The van der Waals surface area contributed by atoms with E-state index in [-0.39, 0.29) is 6.04 Å². The summed E-state index contributed by atoms with van der Waals surface area (Å²) in [4.78, 5) is 1.31. The first-order chi connectivity index (χ1) is 9.58. The van der Waals surface area contributed by atoms with Crippen molar-refractivity contribution in [1.82, 2.24) is 9.78 Å². The van der Waals surface area contributed by atoms with Gasteiger partial charge in [0.1, 0.15) is 0 Å². The van der Waals surface area contributed by atoms with Crippen LogP contribution in [-0.2, 0) is 13.0 Å². The summed E-state index contributed by atoms with van der Waals surface area (Å²) in [5.41, 5.74) is 9.59. The monoisotopic (exact) mass is 289 g/mol. The predicted molar refractivity (Wildman–Crippen MR) is 86.2 cm³/mol. The third-order valence-corrected chi connectivity index (χ3v) is 4.36. The van der Waals surface area contributed by atoms with Gasteiger partial charge in [0.25, 0.3) is 0 Å². The van der Waals surface area contributed by atoms with Crippen molar-refractivity contribution in [3.8, 4) is 0 Å². The summed E-state index contributed by atoms with van der Waals surface area (Å²) >= 11 is 1.87. The van der Waals surface area contributed by atoms with Crippen molar-refractivity contribution in [1.29, 1.82) is 0 Å². The zero-order valence-electron chi connectivity index (χ0n) is 12.5. The summed E-state index contributed by atoms with van der Waals surface area (Å²) in [6.07, 6.45) is 0.906. The molecule has 0 saturated carbocycles. The molecule has 2 N–H and O–H groups in total. The van der Waals surface area contributed by atoms with Gasteiger partial charge in [-0.15, -0.1) is 11.8 Å². The zero-order valence-corrected chi connectivity index (χ0v) is 13.3. The van der Waals surface area contributed by atoms with Crippen LogP contribution in [0.15, 0.2) is 35.2 Å². The second-order valence-electron chi connectivity index (χ2n) is 5.22. The Kier molecular flexibility index (Phi) is 5.26. The van der Waals surface area contributed by atoms with E-state index in [1.54, 1.807) is 0 Å². The molecule has 4 heteroatoms. The lowest BCUT2D eigenvalue weighted by Gasteiger charge is -2.07. The Morgan fingerprint density at radius 2 is 1.95 bits per heavy atom. The Hall–Kier alpha value is -1.26. The molecule has 1 heterocycles. The number of aromatic nitrogens is 2. The third kappa shape index (κ3) is 3.87. The molecule has 0 aliphatic heterocycles. The van der Waals surface area contributed by atoms with Gasteiger partial charge >= 0.3 is 0 Å². The minimum absolute atomic E-state index is 0.184. The summed E-state index contributed by atoms with van der Waals surface area (Å²) < 4.78 is 2.11. The average molecular weight is 289 g/mol. The first kappa shape index (κ1) is 15.1. The van der Waals surface area contributed by atoms with E-state index in [1.807, 2.05) is 24.8 Å². The molecule has 0 amide bonds. The summed E-state index contributed by atoms with van der Waals surface area (Å²) in [5.74, 6) is 1.03. The highest BCUT2D eigenvalue weighted by Crippen LogP contribution is 2.19. The first-order valence-electron chi connectivity index (χ1n) is 7.04. The molecule has 0 aliphatic carbocycles. The highest BCUT2D eigenvalue weighted by atomic mass is 32.2. The molecule has 0 aliphatic rings. The Labute approximate surface area is 125 Å². The van der Waals surface area contributed by atoms with E-state index in [0.29, 0.717) is 0 Å². The Morgan fingerprint density at radius 3 is 2.60 bits per heavy atom. The fourth-order valence-corrected chi connectivity index (χ4v) is 3.19. The van der Waals surface area contributed by atoms with Crippen molar-refractivity contribution < 1.29 is 0 Å². The van der Waals surface area contributed by atoms with Crippen LogP contribution in [0.2, 0.25) is 0 Å². The predicted octanol–water partition coefficient (Wildman–Crippen LogP) is 3.18. The standard InChI is InChI=1S/C16H23N3S/c1-12(17)11-16-13(2)18-19(14(16)3)9-10-20-15-7-5-4-6-8-15/h4-8,12H,9-11,17H2,1-3H3. The van der Waals surface area contributed by atoms with Gasteiger partial charge < -0.3 is 5.73 Å². The quantitative estimate of drug-likeness (QED) is 0.831. The smallest absolute Gasteiger partial charge is 0.0629 e. The van der Waals surface area contributed by atoms with Gasteiger partial charge in [-0.3, -0.25) is 4.68 Å². The van der Waals surface area contributed by atoms with E-state index in [9.17, 15) is 0 Å². The van der Waals surface area contributed by atoms with Gasteiger partial charge in [-0.05, 0) is 44.9 Å². The molecule has 1 atom stereocenters. The molecule has 0 spiro atoms. The number of aryl methyl sites for hydroxylation is 2. The van der Waals surface area contributed by atoms with Crippen LogP contribution in [0.4, 0.5) is 0 Å². The summed E-state index contributed by atoms with van der Waals surface area (Å²) in [5, 5.41) is 4.64. The summed E-state index contributed by atoms with van der Waals surface area (Å²) in [6, 6.07) is 10.7. The number of benzene rings is 1. The van der Waals surface area contributed by atoms with Gasteiger partial charge in [-0.1, -0.05) is 18.2 Å².